The van der Waals surface area contributed by atoms with Crippen molar-refractivity contribution >= 4 is 28.1 Å². The zero-order chi connectivity index (χ0) is 11.7. The third-order valence-electron chi connectivity index (χ3n) is 2.29. The Balaban J connectivity index is 2.02. The number of H-pyrrole nitrogens is 1. The van der Waals surface area contributed by atoms with Crippen LogP contribution in [0.25, 0.3) is 4.96 Å². The Kier molecular flexibility index (Phi) is 2.83. The molecule has 0 aliphatic heterocycles. The molecule has 8 heteroatoms. The maximum Gasteiger partial charge on any atom is 0.194 e. The molecule has 0 saturated heterocycles. The van der Waals surface area contributed by atoms with Crippen molar-refractivity contribution in [2.24, 2.45) is 5.73 Å². The van der Waals surface area contributed by atoms with E-state index in [0.29, 0.717) is 6.54 Å². The van der Waals surface area contributed by atoms with Crippen LogP contribution in [-0.4, -0.2) is 31.1 Å². The largest absolute Gasteiger partial charge is 0.330 e. The number of nitrogens with one attached hydrogen (secondary N) is 1. The minimum Gasteiger partial charge on any atom is -0.330 e. The second kappa shape index (κ2) is 4.47. The molecular formula is C9H10N6S2. The molecule has 0 aliphatic rings. The molecule has 3 heterocycles. The summed E-state index contributed by atoms with van der Waals surface area (Å²) in [6.45, 7) is 0.605. The van der Waals surface area contributed by atoms with Crippen LogP contribution in [0.5, 0.6) is 0 Å². The molecule has 6 nitrogen and oxygen atoms in total. The number of nitrogens with two attached hydrogens (primary N) is 1. The van der Waals surface area contributed by atoms with Gasteiger partial charge in [0.15, 0.2) is 10.1 Å². The predicted octanol–water partition coefficient (Wildman–Crippen LogP) is 1.17. The number of hydrogen-bond donors (Lipinski definition) is 2. The normalized spacial score (nSPS) is 11.4. The van der Waals surface area contributed by atoms with E-state index >= 15 is 0 Å². The Bertz CT molecular complexity index is 611. The van der Waals surface area contributed by atoms with E-state index < -0.39 is 0 Å². The van der Waals surface area contributed by atoms with E-state index in [1.165, 1.54) is 18.1 Å². The molecule has 0 radical (unpaired) electrons. The average Bonchev–Trinajstić information content (AvgIpc) is 2.99. The zero-order valence-corrected chi connectivity index (χ0v) is 10.5. The topological polar surface area (TPSA) is 84.9 Å². The fraction of sp³-hybridized carbons (Fsp3) is 0.222. The summed E-state index contributed by atoms with van der Waals surface area (Å²) in [5.41, 5.74) is 6.77. The van der Waals surface area contributed by atoms with Gasteiger partial charge in [-0.2, -0.15) is 5.10 Å². The van der Waals surface area contributed by atoms with Crippen LogP contribution in [0.15, 0.2) is 28.1 Å². The van der Waals surface area contributed by atoms with Crippen LogP contribution in [0.1, 0.15) is 5.69 Å². The lowest BCUT2D eigenvalue weighted by Crippen LogP contribution is -2.05. The standard InChI is InChI=1S/C9H10N6S2/c10-2-1-6-7(17-8-11-5-12-14-8)13-9-15(6)3-4-16-9/h3-5H,1-2,10H2,(H,11,12,14). The molecule has 0 spiro atoms. The van der Waals surface area contributed by atoms with Crippen molar-refractivity contribution in [3.8, 4) is 0 Å². The SMILES string of the molecule is NCCc1c(Sc2ncn[nH]2)nc2sccn12. The number of nitrogens with zero attached hydrogens (tertiary/aromatic N) is 4. The first-order valence-corrected chi connectivity index (χ1v) is 6.76. The van der Waals surface area contributed by atoms with Gasteiger partial charge in [0.1, 0.15) is 11.4 Å². The second-order valence-corrected chi connectivity index (χ2v) is 5.20. The molecule has 3 aromatic rings. The van der Waals surface area contributed by atoms with Crippen LogP contribution in [0.3, 0.4) is 0 Å². The fourth-order valence-electron chi connectivity index (χ4n) is 1.59. The summed E-state index contributed by atoms with van der Waals surface area (Å²) in [4.78, 5) is 9.64. The minimum absolute atomic E-state index is 0.605. The molecule has 0 aliphatic carbocycles. The summed E-state index contributed by atoms with van der Waals surface area (Å²) in [7, 11) is 0. The van der Waals surface area contributed by atoms with Gasteiger partial charge in [0.05, 0.1) is 5.69 Å². The Morgan fingerprint density at radius 1 is 1.53 bits per heavy atom. The summed E-state index contributed by atoms with van der Waals surface area (Å²) in [6, 6.07) is 0. The zero-order valence-electron chi connectivity index (χ0n) is 8.83. The van der Waals surface area contributed by atoms with Gasteiger partial charge in [0.25, 0.3) is 0 Å². The van der Waals surface area contributed by atoms with Crippen molar-refractivity contribution < 1.29 is 0 Å². The van der Waals surface area contributed by atoms with Crippen molar-refractivity contribution in [3.05, 3.63) is 23.6 Å². The van der Waals surface area contributed by atoms with E-state index in [1.807, 2.05) is 11.6 Å². The molecular weight excluding hydrogens is 256 g/mol. The molecule has 0 atom stereocenters. The quantitative estimate of drug-likeness (QED) is 0.740. The highest BCUT2D eigenvalue weighted by Gasteiger charge is 2.14. The van der Waals surface area contributed by atoms with Gasteiger partial charge in [-0.25, -0.2) is 9.97 Å². The third kappa shape index (κ3) is 1.94. The molecule has 17 heavy (non-hydrogen) atoms. The van der Waals surface area contributed by atoms with Crippen LogP contribution in [0.4, 0.5) is 0 Å². The van der Waals surface area contributed by atoms with E-state index in [0.717, 1.165) is 27.3 Å². The van der Waals surface area contributed by atoms with Gasteiger partial charge >= 0.3 is 0 Å². The molecule has 3 rings (SSSR count). The highest BCUT2D eigenvalue weighted by molar-refractivity contribution is 7.99. The molecule has 3 N–H and O–H groups in total. The highest BCUT2D eigenvalue weighted by Crippen LogP contribution is 2.29. The van der Waals surface area contributed by atoms with Gasteiger partial charge in [-0.15, -0.1) is 11.3 Å². The van der Waals surface area contributed by atoms with E-state index in [-0.39, 0.29) is 0 Å². The van der Waals surface area contributed by atoms with E-state index in [1.54, 1.807) is 11.3 Å². The first-order chi connectivity index (χ1) is 8.38. The van der Waals surface area contributed by atoms with E-state index in [9.17, 15) is 0 Å². The number of aromatic amines is 1. The smallest absolute Gasteiger partial charge is 0.194 e. The summed E-state index contributed by atoms with van der Waals surface area (Å²) in [5, 5.41) is 10.3. The monoisotopic (exact) mass is 266 g/mol. The number of rotatable bonds is 4. The Hall–Kier alpha value is -1.38. The van der Waals surface area contributed by atoms with Crippen molar-refractivity contribution in [2.75, 3.05) is 6.54 Å². The third-order valence-corrected chi connectivity index (χ3v) is 3.96. The first-order valence-electron chi connectivity index (χ1n) is 5.06. The van der Waals surface area contributed by atoms with Gasteiger partial charge in [-0.3, -0.25) is 9.50 Å². The van der Waals surface area contributed by atoms with Crippen molar-refractivity contribution in [1.29, 1.82) is 0 Å². The van der Waals surface area contributed by atoms with E-state index in [4.69, 9.17) is 5.73 Å². The van der Waals surface area contributed by atoms with Crippen molar-refractivity contribution in [1.82, 2.24) is 24.6 Å². The number of imidazole rings is 1. The average molecular weight is 266 g/mol. The highest BCUT2D eigenvalue weighted by atomic mass is 32.2. The lowest BCUT2D eigenvalue weighted by Gasteiger charge is -1.99. The molecule has 0 bridgehead atoms. The second-order valence-electron chi connectivity index (χ2n) is 3.35. The summed E-state index contributed by atoms with van der Waals surface area (Å²) in [5.74, 6) is 0. The molecule has 0 saturated carbocycles. The van der Waals surface area contributed by atoms with Crippen LogP contribution in [0, 0.1) is 0 Å². The summed E-state index contributed by atoms with van der Waals surface area (Å²) >= 11 is 3.09. The van der Waals surface area contributed by atoms with Gasteiger partial charge in [0, 0.05) is 18.0 Å². The lowest BCUT2D eigenvalue weighted by atomic mass is 10.3. The Morgan fingerprint density at radius 3 is 3.24 bits per heavy atom. The van der Waals surface area contributed by atoms with Gasteiger partial charge in [-0.1, -0.05) is 0 Å². The molecule has 88 valence electrons. The van der Waals surface area contributed by atoms with Crippen LogP contribution in [0.2, 0.25) is 0 Å². The minimum atomic E-state index is 0.605. The number of hydrogen-bond acceptors (Lipinski definition) is 6. The van der Waals surface area contributed by atoms with Crippen LogP contribution >= 0.6 is 23.1 Å². The fourth-order valence-corrected chi connectivity index (χ4v) is 3.22. The Labute approximate surface area is 105 Å². The molecule has 0 fully saturated rings. The summed E-state index contributed by atoms with van der Waals surface area (Å²) < 4.78 is 2.08. The van der Waals surface area contributed by atoms with Crippen LogP contribution < -0.4 is 5.73 Å². The molecule has 3 aromatic heterocycles. The maximum atomic E-state index is 5.64. The maximum absolute atomic E-state index is 5.64. The molecule has 0 unspecified atom stereocenters. The number of thiazole rings is 1. The van der Waals surface area contributed by atoms with Gasteiger partial charge in [0.2, 0.25) is 0 Å². The predicted molar refractivity (Wildman–Crippen MR) is 66.3 cm³/mol. The molecule has 0 amide bonds. The molecule has 0 aromatic carbocycles. The van der Waals surface area contributed by atoms with Gasteiger partial charge in [-0.05, 0) is 18.3 Å². The Morgan fingerprint density at radius 2 is 2.47 bits per heavy atom. The van der Waals surface area contributed by atoms with Crippen molar-refractivity contribution in [2.45, 2.75) is 16.6 Å². The van der Waals surface area contributed by atoms with E-state index in [2.05, 4.69) is 24.6 Å². The summed E-state index contributed by atoms with van der Waals surface area (Å²) in [6.07, 6.45) is 4.31. The van der Waals surface area contributed by atoms with Crippen LogP contribution in [-0.2, 0) is 6.42 Å². The number of aromatic nitrogens is 5. The first kappa shape index (κ1) is 10.8. The lowest BCUT2D eigenvalue weighted by molar-refractivity contribution is 0.875. The van der Waals surface area contributed by atoms with Gasteiger partial charge < -0.3 is 5.73 Å². The number of fused-ring (bicyclic) bond motifs is 1. The van der Waals surface area contributed by atoms with Crippen molar-refractivity contribution in [3.63, 3.8) is 0 Å².